The van der Waals surface area contributed by atoms with E-state index in [9.17, 15) is 8.78 Å². The highest BCUT2D eigenvalue weighted by atomic mass is 19.3. The van der Waals surface area contributed by atoms with E-state index in [2.05, 4.69) is 20.7 Å². The van der Waals surface area contributed by atoms with Gasteiger partial charge in [-0.05, 0) is 32.8 Å². The normalized spacial score (nSPS) is 13.7. The van der Waals surface area contributed by atoms with Crippen LogP contribution in [0.2, 0.25) is 0 Å². The standard InChI is InChI=1S/C13H23F2N5/c1-8(18-13(16-4)17-7-12(14)15)6-11-9(2)19-20(5)10(11)3/h8,12H,6-7H2,1-5H3,(H2,16,17,18). The third-order valence-electron chi connectivity index (χ3n) is 3.20. The zero-order valence-corrected chi connectivity index (χ0v) is 12.7. The number of hydrogen-bond acceptors (Lipinski definition) is 2. The van der Waals surface area contributed by atoms with Crippen molar-refractivity contribution in [2.75, 3.05) is 13.6 Å². The molecule has 0 fully saturated rings. The average molecular weight is 287 g/mol. The fraction of sp³-hybridized carbons (Fsp3) is 0.692. The Balaban J connectivity index is 2.60. The predicted octanol–water partition coefficient (Wildman–Crippen LogP) is 1.40. The van der Waals surface area contributed by atoms with Gasteiger partial charge < -0.3 is 10.6 Å². The molecule has 1 aromatic heterocycles. The average Bonchev–Trinajstić information content (AvgIpc) is 2.61. The zero-order chi connectivity index (χ0) is 15.3. The van der Waals surface area contributed by atoms with E-state index in [1.165, 1.54) is 5.56 Å². The molecular weight excluding hydrogens is 264 g/mol. The molecule has 1 atom stereocenters. The van der Waals surface area contributed by atoms with Crippen LogP contribution in [0.15, 0.2) is 4.99 Å². The fourth-order valence-corrected chi connectivity index (χ4v) is 2.07. The zero-order valence-electron chi connectivity index (χ0n) is 12.7. The number of alkyl halides is 2. The van der Waals surface area contributed by atoms with Crippen molar-refractivity contribution in [3.05, 3.63) is 17.0 Å². The summed E-state index contributed by atoms with van der Waals surface area (Å²) in [6, 6.07) is 0.0699. The molecule has 0 spiro atoms. The Morgan fingerprint density at radius 2 is 2.05 bits per heavy atom. The van der Waals surface area contributed by atoms with Gasteiger partial charge in [0.1, 0.15) is 0 Å². The Labute approximate surface area is 118 Å². The first-order valence-corrected chi connectivity index (χ1v) is 6.59. The van der Waals surface area contributed by atoms with Gasteiger partial charge >= 0.3 is 0 Å². The summed E-state index contributed by atoms with van der Waals surface area (Å²) in [5, 5.41) is 10.1. The molecule has 0 saturated heterocycles. The van der Waals surface area contributed by atoms with Crippen LogP contribution in [0.3, 0.4) is 0 Å². The Hall–Kier alpha value is -1.66. The van der Waals surface area contributed by atoms with Gasteiger partial charge in [-0.25, -0.2) is 8.78 Å². The van der Waals surface area contributed by atoms with Gasteiger partial charge in [0.25, 0.3) is 6.43 Å². The SMILES string of the molecule is CN=C(NCC(F)F)NC(C)Cc1c(C)nn(C)c1C. The third-order valence-corrected chi connectivity index (χ3v) is 3.20. The van der Waals surface area contributed by atoms with E-state index in [-0.39, 0.29) is 6.04 Å². The third kappa shape index (κ3) is 4.47. The minimum absolute atomic E-state index is 0.0699. The lowest BCUT2D eigenvalue weighted by Gasteiger charge is -2.18. The van der Waals surface area contributed by atoms with E-state index in [4.69, 9.17) is 0 Å². The second-order valence-electron chi connectivity index (χ2n) is 4.87. The summed E-state index contributed by atoms with van der Waals surface area (Å²) in [6.07, 6.45) is -1.63. The number of aromatic nitrogens is 2. The van der Waals surface area contributed by atoms with Crippen LogP contribution >= 0.6 is 0 Å². The van der Waals surface area contributed by atoms with Crippen LogP contribution in [0, 0.1) is 13.8 Å². The van der Waals surface area contributed by atoms with Crippen LogP contribution in [0.5, 0.6) is 0 Å². The molecule has 1 heterocycles. The lowest BCUT2D eigenvalue weighted by atomic mass is 10.1. The summed E-state index contributed by atoms with van der Waals surface area (Å²) in [5.41, 5.74) is 3.29. The highest BCUT2D eigenvalue weighted by Gasteiger charge is 2.14. The smallest absolute Gasteiger partial charge is 0.255 e. The topological polar surface area (TPSA) is 54.2 Å². The van der Waals surface area contributed by atoms with Crippen molar-refractivity contribution in [3.8, 4) is 0 Å². The van der Waals surface area contributed by atoms with Crippen molar-refractivity contribution < 1.29 is 8.78 Å². The number of guanidine groups is 1. The van der Waals surface area contributed by atoms with Crippen LogP contribution in [0.25, 0.3) is 0 Å². The molecule has 20 heavy (non-hydrogen) atoms. The molecule has 1 rings (SSSR count). The second kappa shape index (κ2) is 7.21. The van der Waals surface area contributed by atoms with E-state index >= 15 is 0 Å². The van der Waals surface area contributed by atoms with Gasteiger partial charge in [-0.1, -0.05) is 0 Å². The van der Waals surface area contributed by atoms with E-state index in [1.54, 1.807) is 7.05 Å². The molecule has 0 aromatic carbocycles. The van der Waals surface area contributed by atoms with Crippen molar-refractivity contribution in [1.29, 1.82) is 0 Å². The van der Waals surface area contributed by atoms with Gasteiger partial charge in [0.2, 0.25) is 0 Å². The number of hydrogen-bond donors (Lipinski definition) is 2. The maximum absolute atomic E-state index is 12.2. The predicted molar refractivity (Wildman–Crippen MR) is 76.3 cm³/mol. The molecule has 1 unspecified atom stereocenters. The van der Waals surface area contributed by atoms with Crippen LogP contribution in [0.1, 0.15) is 23.9 Å². The summed E-state index contributed by atoms with van der Waals surface area (Å²) < 4.78 is 26.2. The summed E-state index contributed by atoms with van der Waals surface area (Å²) in [6.45, 7) is 5.57. The van der Waals surface area contributed by atoms with Crippen molar-refractivity contribution in [3.63, 3.8) is 0 Å². The molecule has 0 saturated carbocycles. The van der Waals surface area contributed by atoms with Gasteiger partial charge in [-0.2, -0.15) is 5.10 Å². The van der Waals surface area contributed by atoms with Crippen LogP contribution in [0.4, 0.5) is 8.78 Å². The van der Waals surface area contributed by atoms with Crippen LogP contribution < -0.4 is 10.6 Å². The molecule has 0 aliphatic heterocycles. The highest BCUT2D eigenvalue weighted by Crippen LogP contribution is 2.14. The van der Waals surface area contributed by atoms with E-state index < -0.39 is 13.0 Å². The lowest BCUT2D eigenvalue weighted by molar-refractivity contribution is 0.152. The molecule has 2 N–H and O–H groups in total. The minimum Gasteiger partial charge on any atom is -0.354 e. The number of aryl methyl sites for hydroxylation is 2. The van der Waals surface area contributed by atoms with Crippen LogP contribution in [-0.4, -0.2) is 41.8 Å². The van der Waals surface area contributed by atoms with Gasteiger partial charge in [0, 0.05) is 25.8 Å². The van der Waals surface area contributed by atoms with Gasteiger partial charge in [-0.15, -0.1) is 0 Å². The second-order valence-corrected chi connectivity index (χ2v) is 4.87. The minimum atomic E-state index is -2.40. The monoisotopic (exact) mass is 287 g/mol. The largest absolute Gasteiger partial charge is 0.354 e. The van der Waals surface area contributed by atoms with E-state index in [0.717, 1.165) is 17.8 Å². The number of nitrogens with zero attached hydrogens (tertiary/aromatic N) is 3. The lowest BCUT2D eigenvalue weighted by Crippen LogP contribution is -2.44. The Morgan fingerprint density at radius 3 is 2.50 bits per heavy atom. The first-order valence-electron chi connectivity index (χ1n) is 6.59. The molecule has 7 heteroatoms. The van der Waals surface area contributed by atoms with Crippen molar-refractivity contribution in [1.82, 2.24) is 20.4 Å². The van der Waals surface area contributed by atoms with E-state index in [0.29, 0.717) is 5.96 Å². The molecule has 114 valence electrons. The highest BCUT2D eigenvalue weighted by molar-refractivity contribution is 5.79. The van der Waals surface area contributed by atoms with Crippen molar-refractivity contribution in [2.24, 2.45) is 12.0 Å². The number of nitrogens with one attached hydrogen (secondary N) is 2. The molecule has 0 amide bonds. The molecule has 5 nitrogen and oxygen atoms in total. The molecule has 1 aromatic rings. The molecule has 0 aliphatic carbocycles. The Morgan fingerprint density at radius 1 is 1.40 bits per heavy atom. The van der Waals surface area contributed by atoms with Gasteiger partial charge in [-0.3, -0.25) is 9.67 Å². The maximum atomic E-state index is 12.2. The summed E-state index contributed by atoms with van der Waals surface area (Å²) in [7, 11) is 3.47. The van der Waals surface area contributed by atoms with Crippen molar-refractivity contribution >= 4 is 5.96 Å². The maximum Gasteiger partial charge on any atom is 0.255 e. The first kappa shape index (κ1) is 16.4. The van der Waals surface area contributed by atoms with Gasteiger partial charge in [0.05, 0.1) is 12.2 Å². The number of rotatable bonds is 5. The molecule has 0 bridgehead atoms. The first-order chi connectivity index (χ1) is 9.35. The molecular formula is C13H23F2N5. The van der Waals surface area contributed by atoms with Crippen LogP contribution in [-0.2, 0) is 13.5 Å². The number of aliphatic imine (C=N–C) groups is 1. The quantitative estimate of drug-likeness (QED) is 0.636. The summed E-state index contributed by atoms with van der Waals surface area (Å²) >= 11 is 0. The number of halogens is 2. The Kier molecular flexibility index (Phi) is 5.91. The molecule has 0 radical (unpaired) electrons. The fourth-order valence-electron chi connectivity index (χ4n) is 2.07. The van der Waals surface area contributed by atoms with Gasteiger partial charge in [0.15, 0.2) is 5.96 Å². The summed E-state index contributed by atoms with van der Waals surface area (Å²) in [5.74, 6) is 0.386. The van der Waals surface area contributed by atoms with E-state index in [1.807, 2.05) is 32.5 Å². The Bertz CT molecular complexity index is 468. The summed E-state index contributed by atoms with van der Waals surface area (Å²) in [4.78, 5) is 3.93. The van der Waals surface area contributed by atoms with Crippen molar-refractivity contribution in [2.45, 2.75) is 39.7 Å². The molecule has 0 aliphatic rings.